The molecule has 0 radical (unpaired) electrons. The third-order valence-corrected chi connectivity index (χ3v) is 3.33. The predicted molar refractivity (Wildman–Crippen MR) is 69.5 cm³/mol. The molecule has 0 fully saturated rings. The quantitative estimate of drug-likeness (QED) is 0.683. The number of pyridine rings is 1. The van der Waals surface area contributed by atoms with Crippen molar-refractivity contribution in [2.24, 2.45) is 0 Å². The first-order chi connectivity index (χ1) is 9.15. The number of aromatic nitrogens is 2. The van der Waals surface area contributed by atoms with Gasteiger partial charge < -0.3 is 14.6 Å². The van der Waals surface area contributed by atoms with E-state index in [2.05, 4.69) is 9.97 Å². The zero-order valence-corrected chi connectivity index (χ0v) is 13.8. The van der Waals surface area contributed by atoms with Gasteiger partial charge in [-0.25, -0.2) is 14.8 Å². The summed E-state index contributed by atoms with van der Waals surface area (Å²) in [5.41, 5.74) is 0.711. The second kappa shape index (κ2) is 7.36. The summed E-state index contributed by atoms with van der Waals surface area (Å²) < 4.78 is 9.85. The predicted octanol–water partition coefficient (Wildman–Crippen LogP) is 2.09. The number of rotatable bonds is 4. The van der Waals surface area contributed by atoms with Crippen LogP contribution in [0.15, 0.2) is 18.3 Å². The van der Waals surface area contributed by atoms with Crippen LogP contribution in [0.4, 0.5) is 0 Å². The fourth-order valence-electron chi connectivity index (χ4n) is 1.42. The van der Waals surface area contributed by atoms with Crippen LogP contribution < -0.4 is 4.74 Å². The Balaban J connectivity index is 0.00000200. The molecule has 1 N–H and O–H groups in total. The summed E-state index contributed by atoms with van der Waals surface area (Å²) in [5, 5.41) is 10.2. The van der Waals surface area contributed by atoms with Crippen LogP contribution in [0.3, 0.4) is 0 Å². The first-order valence-corrected chi connectivity index (χ1v) is 6.34. The maximum Gasteiger partial charge on any atom is 0.353 e. The van der Waals surface area contributed by atoms with Crippen molar-refractivity contribution in [3.05, 3.63) is 23.2 Å². The Bertz CT molecular complexity index is 603. The monoisotopic (exact) mass is 475 g/mol. The van der Waals surface area contributed by atoms with Crippen molar-refractivity contribution in [1.29, 1.82) is 0 Å². The minimum atomic E-state index is -0.579. The molecular formula is C12H12N2O4PtS. The van der Waals surface area contributed by atoms with Gasteiger partial charge in [0.2, 0.25) is 11.8 Å². The molecule has 20 heavy (non-hydrogen) atoms. The molecule has 0 aromatic carbocycles. The van der Waals surface area contributed by atoms with Crippen LogP contribution in [0, 0.1) is 0 Å². The average molecular weight is 475 g/mol. The summed E-state index contributed by atoms with van der Waals surface area (Å²) in [5.74, 6) is -0.469. The van der Waals surface area contributed by atoms with E-state index in [4.69, 9.17) is 9.47 Å². The summed E-state index contributed by atoms with van der Waals surface area (Å²) >= 11 is 1.06. The van der Waals surface area contributed by atoms with Crippen molar-refractivity contribution >= 4 is 17.3 Å². The van der Waals surface area contributed by atoms with Gasteiger partial charge in [-0.05, 0) is 13.0 Å². The van der Waals surface area contributed by atoms with Crippen molar-refractivity contribution in [2.45, 2.75) is 6.92 Å². The number of ether oxygens (including phenoxy) is 2. The number of hydrogen-bond donors (Lipinski definition) is 1. The molecule has 2 aromatic heterocycles. The number of carbonyl (C=O) groups excluding carboxylic acids is 1. The SMILES string of the molecule is CCOC(=O)c1sc(-c2ccnc(OC)c2)nc1O.[Pt]. The van der Waals surface area contributed by atoms with Crippen molar-refractivity contribution in [3.63, 3.8) is 0 Å². The minimum Gasteiger partial charge on any atom is -0.492 e. The molecule has 0 amide bonds. The Morgan fingerprint density at radius 3 is 2.90 bits per heavy atom. The zero-order valence-electron chi connectivity index (χ0n) is 10.7. The third-order valence-electron chi connectivity index (χ3n) is 2.26. The molecule has 0 aliphatic carbocycles. The van der Waals surface area contributed by atoms with Gasteiger partial charge in [0.15, 0.2) is 4.88 Å². The molecular weight excluding hydrogens is 463 g/mol. The van der Waals surface area contributed by atoms with Crippen molar-refractivity contribution in [1.82, 2.24) is 9.97 Å². The molecule has 0 bridgehead atoms. The molecule has 8 heteroatoms. The number of esters is 1. The van der Waals surface area contributed by atoms with Crippen molar-refractivity contribution in [3.8, 4) is 22.3 Å². The number of methoxy groups -OCH3 is 1. The third kappa shape index (κ3) is 3.55. The number of thiazole rings is 1. The molecule has 2 heterocycles. The minimum absolute atomic E-state index is 0. The normalized spacial score (nSPS) is 9.70. The van der Waals surface area contributed by atoms with Crippen LogP contribution in [-0.4, -0.2) is 34.8 Å². The maximum absolute atomic E-state index is 11.6. The Kier molecular flexibility index (Phi) is 6.10. The Morgan fingerprint density at radius 1 is 1.50 bits per heavy atom. The average Bonchev–Trinajstić information content (AvgIpc) is 2.81. The van der Waals surface area contributed by atoms with Gasteiger partial charge in [-0.15, -0.1) is 11.3 Å². The summed E-state index contributed by atoms with van der Waals surface area (Å²) in [6.45, 7) is 1.94. The number of carbonyl (C=O) groups is 1. The molecule has 0 spiro atoms. The number of hydrogen-bond acceptors (Lipinski definition) is 7. The first-order valence-electron chi connectivity index (χ1n) is 5.53. The van der Waals surface area contributed by atoms with E-state index in [1.807, 2.05) is 0 Å². The van der Waals surface area contributed by atoms with Crippen LogP contribution in [0.5, 0.6) is 11.8 Å². The van der Waals surface area contributed by atoms with E-state index in [0.29, 0.717) is 16.5 Å². The smallest absolute Gasteiger partial charge is 0.353 e. The van der Waals surface area contributed by atoms with Crippen molar-refractivity contribution in [2.75, 3.05) is 13.7 Å². The Labute approximate surface area is 134 Å². The zero-order chi connectivity index (χ0) is 13.8. The van der Waals surface area contributed by atoms with E-state index in [1.165, 1.54) is 7.11 Å². The second-order valence-electron chi connectivity index (χ2n) is 3.48. The molecule has 0 unspecified atom stereocenters. The molecule has 2 rings (SSSR count). The Hall–Kier alpha value is -1.46. The van der Waals surface area contributed by atoms with Crippen LogP contribution in [0.25, 0.3) is 10.6 Å². The summed E-state index contributed by atoms with van der Waals surface area (Å²) in [7, 11) is 1.51. The molecule has 2 aromatic rings. The Morgan fingerprint density at radius 2 is 2.25 bits per heavy atom. The fraction of sp³-hybridized carbons (Fsp3) is 0.250. The van der Waals surface area contributed by atoms with Crippen LogP contribution >= 0.6 is 11.3 Å². The molecule has 0 atom stereocenters. The van der Waals surface area contributed by atoms with E-state index < -0.39 is 5.97 Å². The second-order valence-corrected chi connectivity index (χ2v) is 4.48. The maximum atomic E-state index is 11.6. The molecule has 0 aliphatic heterocycles. The number of aromatic hydroxyl groups is 1. The molecule has 0 saturated carbocycles. The van der Waals surface area contributed by atoms with Gasteiger partial charge >= 0.3 is 5.97 Å². The molecule has 110 valence electrons. The standard InChI is InChI=1S/C12H12N2O4S.Pt/c1-3-18-12(16)9-10(15)14-11(19-9)7-4-5-13-8(6-7)17-2;/h4-6,15H,3H2,1-2H3;. The summed E-state index contributed by atoms with van der Waals surface area (Å²) in [4.78, 5) is 19.6. The van der Waals surface area contributed by atoms with E-state index in [9.17, 15) is 9.90 Å². The van der Waals surface area contributed by atoms with Gasteiger partial charge in [0.25, 0.3) is 0 Å². The van der Waals surface area contributed by atoms with E-state index in [-0.39, 0.29) is 38.4 Å². The van der Waals surface area contributed by atoms with Gasteiger partial charge in [-0.2, -0.15) is 0 Å². The van der Waals surface area contributed by atoms with Crippen molar-refractivity contribution < 1.29 is 40.4 Å². The fourth-order valence-corrected chi connectivity index (χ4v) is 2.27. The van der Waals surface area contributed by atoms with Gasteiger partial charge in [-0.1, -0.05) is 0 Å². The topological polar surface area (TPSA) is 81.5 Å². The summed E-state index contributed by atoms with van der Waals surface area (Å²) in [6, 6.07) is 3.39. The van der Waals surface area contributed by atoms with Gasteiger partial charge in [0.1, 0.15) is 5.01 Å². The van der Waals surface area contributed by atoms with Gasteiger partial charge in [0.05, 0.1) is 13.7 Å². The van der Waals surface area contributed by atoms with E-state index >= 15 is 0 Å². The van der Waals surface area contributed by atoms with Gasteiger partial charge in [-0.3, -0.25) is 0 Å². The first kappa shape index (κ1) is 16.6. The van der Waals surface area contributed by atoms with Crippen LogP contribution in [0.2, 0.25) is 0 Å². The van der Waals surface area contributed by atoms with E-state index in [1.54, 1.807) is 25.3 Å². The van der Waals surface area contributed by atoms with Gasteiger partial charge in [0, 0.05) is 38.9 Å². The van der Waals surface area contributed by atoms with E-state index in [0.717, 1.165) is 11.3 Å². The van der Waals surface area contributed by atoms with Crippen LogP contribution in [0.1, 0.15) is 16.6 Å². The summed E-state index contributed by atoms with van der Waals surface area (Å²) in [6.07, 6.45) is 1.57. The van der Waals surface area contributed by atoms with Crippen LogP contribution in [-0.2, 0) is 25.8 Å². The molecule has 0 saturated heterocycles. The largest absolute Gasteiger partial charge is 0.492 e. The molecule has 6 nitrogen and oxygen atoms in total. The molecule has 0 aliphatic rings. The number of nitrogens with zero attached hydrogens (tertiary/aromatic N) is 2.